The number of allylic oxidation sites excluding steroid dienone is 1. The van der Waals surface area contributed by atoms with Crippen LogP contribution in [-0.2, 0) is 7.05 Å². The summed E-state index contributed by atoms with van der Waals surface area (Å²) in [6.45, 7) is 3.98. The van der Waals surface area contributed by atoms with Crippen LogP contribution in [0.5, 0.6) is 0 Å². The fraction of sp³-hybridized carbons (Fsp3) is 0.231. The normalized spacial score (nSPS) is 11.2. The van der Waals surface area contributed by atoms with Crippen LogP contribution >= 0.6 is 11.3 Å². The summed E-state index contributed by atoms with van der Waals surface area (Å²) in [6, 6.07) is 3.81. The predicted octanol–water partition coefficient (Wildman–Crippen LogP) is 2.99. The highest BCUT2D eigenvalue weighted by molar-refractivity contribution is 7.12. The molecule has 0 aromatic carbocycles. The number of nitrogens with zero attached hydrogens (tertiary/aromatic N) is 2. The van der Waals surface area contributed by atoms with Crippen LogP contribution in [0.2, 0.25) is 0 Å². The smallest absolute Gasteiger partial charge is 0.187 e. The summed E-state index contributed by atoms with van der Waals surface area (Å²) in [4.78, 5) is 14.2. The van der Waals surface area contributed by atoms with Crippen LogP contribution in [0.25, 0.3) is 6.08 Å². The quantitative estimate of drug-likeness (QED) is 0.616. The zero-order valence-corrected chi connectivity index (χ0v) is 10.9. The molecule has 2 aromatic heterocycles. The maximum absolute atomic E-state index is 11.9. The third kappa shape index (κ3) is 2.71. The molecule has 0 aliphatic carbocycles. The monoisotopic (exact) mass is 246 g/mol. The molecule has 0 N–H and O–H groups in total. The van der Waals surface area contributed by atoms with E-state index in [1.54, 1.807) is 28.2 Å². The van der Waals surface area contributed by atoms with Crippen LogP contribution in [0.15, 0.2) is 24.4 Å². The van der Waals surface area contributed by atoms with E-state index in [2.05, 4.69) is 5.10 Å². The minimum absolute atomic E-state index is 0.0394. The minimum Gasteiger partial charge on any atom is -0.289 e. The van der Waals surface area contributed by atoms with E-state index in [0.29, 0.717) is 0 Å². The molecule has 2 heterocycles. The molecular weight excluding hydrogens is 232 g/mol. The largest absolute Gasteiger partial charge is 0.289 e. The molecule has 2 rings (SSSR count). The van der Waals surface area contributed by atoms with Crippen molar-refractivity contribution in [3.05, 3.63) is 45.4 Å². The molecule has 0 saturated carbocycles. The topological polar surface area (TPSA) is 34.9 Å². The highest BCUT2D eigenvalue weighted by Crippen LogP contribution is 2.21. The minimum atomic E-state index is 0.0394. The summed E-state index contributed by atoms with van der Waals surface area (Å²) >= 11 is 1.65. The Morgan fingerprint density at radius 3 is 2.76 bits per heavy atom. The van der Waals surface area contributed by atoms with Crippen molar-refractivity contribution in [1.29, 1.82) is 0 Å². The number of aryl methyl sites for hydroxylation is 3. The Morgan fingerprint density at radius 1 is 1.47 bits per heavy atom. The van der Waals surface area contributed by atoms with E-state index in [4.69, 9.17) is 0 Å². The van der Waals surface area contributed by atoms with Gasteiger partial charge in [-0.3, -0.25) is 9.48 Å². The van der Waals surface area contributed by atoms with Gasteiger partial charge in [0.2, 0.25) is 0 Å². The average Bonchev–Trinajstić information content (AvgIpc) is 2.81. The van der Waals surface area contributed by atoms with Crippen molar-refractivity contribution < 1.29 is 4.79 Å². The van der Waals surface area contributed by atoms with Crippen LogP contribution < -0.4 is 0 Å². The lowest BCUT2D eigenvalue weighted by molar-refractivity contribution is 0.104. The first kappa shape index (κ1) is 11.8. The molecule has 0 unspecified atom stereocenters. The molecule has 0 radical (unpaired) electrons. The maximum Gasteiger partial charge on any atom is 0.187 e. The number of rotatable bonds is 3. The average molecular weight is 246 g/mol. The maximum atomic E-state index is 11.9. The van der Waals surface area contributed by atoms with Gasteiger partial charge in [0.1, 0.15) is 0 Å². The lowest BCUT2D eigenvalue weighted by Crippen LogP contribution is -1.94. The van der Waals surface area contributed by atoms with Gasteiger partial charge < -0.3 is 0 Å². The Labute approximate surface area is 104 Å². The molecule has 0 saturated heterocycles. The number of hydrogen-bond acceptors (Lipinski definition) is 3. The molecular formula is C13H14N2OS. The second-order valence-corrected chi connectivity index (χ2v) is 5.40. The van der Waals surface area contributed by atoms with Crippen LogP contribution in [0.4, 0.5) is 0 Å². The number of hydrogen-bond donors (Lipinski definition) is 0. The van der Waals surface area contributed by atoms with Gasteiger partial charge in [0.05, 0.1) is 5.69 Å². The number of ketones is 1. The molecule has 2 aromatic rings. The van der Waals surface area contributed by atoms with Gasteiger partial charge in [0.25, 0.3) is 0 Å². The zero-order valence-electron chi connectivity index (χ0n) is 10.1. The fourth-order valence-corrected chi connectivity index (χ4v) is 2.58. The van der Waals surface area contributed by atoms with Crippen molar-refractivity contribution in [3.8, 4) is 0 Å². The highest BCUT2D eigenvalue weighted by Gasteiger charge is 2.08. The summed E-state index contributed by atoms with van der Waals surface area (Å²) in [5, 5.41) is 4.18. The predicted molar refractivity (Wildman–Crippen MR) is 70.4 cm³/mol. The lowest BCUT2D eigenvalue weighted by atomic mass is 10.1. The molecule has 0 fully saturated rings. The van der Waals surface area contributed by atoms with E-state index in [1.165, 1.54) is 0 Å². The zero-order chi connectivity index (χ0) is 12.4. The van der Waals surface area contributed by atoms with Crippen molar-refractivity contribution in [2.45, 2.75) is 13.8 Å². The Hall–Kier alpha value is -1.68. The molecule has 0 atom stereocenters. The summed E-state index contributed by atoms with van der Waals surface area (Å²) in [7, 11) is 1.85. The molecule has 0 spiro atoms. The standard InChI is InChI=1S/C13H14N2OS/c1-9-8-12(10(2)17-9)13(16)5-4-11-6-7-15(3)14-11/h4-8H,1-3H3/b5-4+. The molecule has 0 aliphatic rings. The molecule has 0 aliphatic heterocycles. The van der Waals surface area contributed by atoms with Gasteiger partial charge >= 0.3 is 0 Å². The van der Waals surface area contributed by atoms with Crippen molar-refractivity contribution in [3.63, 3.8) is 0 Å². The third-order valence-corrected chi connectivity index (χ3v) is 3.41. The van der Waals surface area contributed by atoms with Crippen molar-refractivity contribution in [2.75, 3.05) is 0 Å². The van der Waals surface area contributed by atoms with Gasteiger partial charge in [-0.05, 0) is 38.1 Å². The van der Waals surface area contributed by atoms with Crippen molar-refractivity contribution >= 4 is 23.2 Å². The Kier molecular flexibility index (Phi) is 3.24. The number of carbonyl (C=O) groups is 1. The van der Waals surface area contributed by atoms with E-state index in [9.17, 15) is 4.79 Å². The molecule has 3 nitrogen and oxygen atoms in total. The Balaban J connectivity index is 2.17. The molecule has 0 bridgehead atoms. The van der Waals surface area contributed by atoms with Crippen LogP contribution in [0.1, 0.15) is 25.8 Å². The highest BCUT2D eigenvalue weighted by atomic mass is 32.1. The number of thiophene rings is 1. The van der Waals surface area contributed by atoms with Gasteiger partial charge in [-0.2, -0.15) is 5.10 Å². The lowest BCUT2D eigenvalue weighted by Gasteiger charge is -1.91. The second kappa shape index (κ2) is 4.67. The summed E-state index contributed by atoms with van der Waals surface area (Å²) in [6.07, 6.45) is 5.18. The van der Waals surface area contributed by atoms with Gasteiger partial charge in [-0.25, -0.2) is 0 Å². The number of aromatic nitrogens is 2. The van der Waals surface area contributed by atoms with E-state index in [-0.39, 0.29) is 5.78 Å². The van der Waals surface area contributed by atoms with E-state index >= 15 is 0 Å². The number of carbonyl (C=O) groups excluding carboxylic acids is 1. The van der Waals surface area contributed by atoms with Crippen molar-refractivity contribution in [2.24, 2.45) is 7.05 Å². The van der Waals surface area contributed by atoms with Gasteiger partial charge in [-0.1, -0.05) is 0 Å². The Morgan fingerprint density at radius 2 is 2.24 bits per heavy atom. The molecule has 17 heavy (non-hydrogen) atoms. The first-order chi connectivity index (χ1) is 8.06. The first-order valence-electron chi connectivity index (χ1n) is 5.35. The van der Waals surface area contributed by atoms with E-state index in [0.717, 1.165) is 21.0 Å². The first-order valence-corrected chi connectivity index (χ1v) is 6.17. The van der Waals surface area contributed by atoms with Crippen LogP contribution in [0, 0.1) is 13.8 Å². The summed E-state index contributed by atoms with van der Waals surface area (Å²) in [5.74, 6) is 0.0394. The van der Waals surface area contributed by atoms with Gasteiger partial charge in [0.15, 0.2) is 5.78 Å². The molecule has 0 amide bonds. The van der Waals surface area contributed by atoms with E-state index in [1.807, 2.05) is 39.2 Å². The Bertz CT molecular complexity index is 578. The SMILES string of the molecule is Cc1cc(C(=O)/C=C/c2ccn(C)n2)c(C)s1. The fourth-order valence-electron chi connectivity index (χ4n) is 1.65. The summed E-state index contributed by atoms with van der Waals surface area (Å²) in [5.41, 5.74) is 1.59. The molecule has 4 heteroatoms. The van der Waals surface area contributed by atoms with Crippen LogP contribution in [0.3, 0.4) is 0 Å². The van der Waals surface area contributed by atoms with Crippen molar-refractivity contribution in [1.82, 2.24) is 9.78 Å². The van der Waals surface area contributed by atoms with Gasteiger partial charge in [0, 0.05) is 28.6 Å². The van der Waals surface area contributed by atoms with E-state index < -0.39 is 0 Å². The van der Waals surface area contributed by atoms with Crippen LogP contribution in [-0.4, -0.2) is 15.6 Å². The third-order valence-electron chi connectivity index (χ3n) is 2.45. The van der Waals surface area contributed by atoms with Gasteiger partial charge in [-0.15, -0.1) is 11.3 Å². The molecule has 88 valence electrons. The second-order valence-electron chi connectivity index (χ2n) is 3.94. The summed E-state index contributed by atoms with van der Waals surface area (Å²) < 4.78 is 1.71.